The van der Waals surface area contributed by atoms with Crippen molar-refractivity contribution in [2.24, 2.45) is 0 Å². The predicted molar refractivity (Wildman–Crippen MR) is 74.6 cm³/mol. The lowest BCUT2D eigenvalue weighted by Crippen LogP contribution is -2.41. The fourth-order valence-corrected chi connectivity index (χ4v) is 2.08. The molecule has 102 valence electrons. The zero-order valence-electron chi connectivity index (χ0n) is 11.8. The largest absolute Gasteiger partial charge is 0.314 e. The summed E-state index contributed by atoms with van der Waals surface area (Å²) in [6.45, 7) is 10.3. The molecule has 1 saturated heterocycles. The number of rotatable bonds is 0. The fraction of sp³-hybridized carbons (Fsp3) is 1.00. The summed E-state index contributed by atoms with van der Waals surface area (Å²) in [5.41, 5.74) is 0. The molecule has 0 aromatic rings. The average Bonchev–Trinajstić information content (AvgIpc) is 2.31. The third kappa shape index (κ3) is 7.71. The highest BCUT2D eigenvalue weighted by atomic mass is 15.2. The van der Waals surface area contributed by atoms with Gasteiger partial charge in [-0.15, -0.1) is 0 Å². The van der Waals surface area contributed by atoms with E-state index in [9.17, 15) is 0 Å². The summed E-state index contributed by atoms with van der Waals surface area (Å²) in [6.07, 6.45) is 2.58. The number of hydrogen-bond donors (Lipinski definition) is 2. The van der Waals surface area contributed by atoms with Crippen LogP contribution in [0.1, 0.15) is 19.8 Å². The van der Waals surface area contributed by atoms with Crippen molar-refractivity contribution in [2.45, 2.75) is 25.8 Å². The molecule has 1 unspecified atom stereocenters. The second-order valence-electron chi connectivity index (χ2n) is 5.37. The molecular weight excluding hydrogens is 212 g/mol. The van der Waals surface area contributed by atoms with Crippen LogP contribution in [0.15, 0.2) is 0 Å². The molecule has 4 nitrogen and oxygen atoms in total. The van der Waals surface area contributed by atoms with Crippen molar-refractivity contribution in [3.8, 4) is 0 Å². The molecule has 2 N–H and O–H groups in total. The third-order valence-corrected chi connectivity index (χ3v) is 3.44. The maximum Gasteiger partial charge on any atom is 0.0164 e. The van der Waals surface area contributed by atoms with E-state index in [1.165, 1.54) is 32.5 Å². The minimum absolute atomic E-state index is 0.584. The summed E-state index contributed by atoms with van der Waals surface area (Å²) in [4.78, 5) is 4.85. The van der Waals surface area contributed by atoms with Crippen LogP contribution in [0.4, 0.5) is 0 Å². The van der Waals surface area contributed by atoms with E-state index in [0.717, 1.165) is 26.2 Å². The molecule has 1 aliphatic rings. The van der Waals surface area contributed by atoms with E-state index in [2.05, 4.69) is 41.5 Å². The predicted octanol–water partition coefficient (Wildman–Crippen LogP) is 0.212. The van der Waals surface area contributed by atoms with E-state index in [1.54, 1.807) is 0 Å². The van der Waals surface area contributed by atoms with E-state index in [0.29, 0.717) is 6.04 Å². The van der Waals surface area contributed by atoms with E-state index < -0.39 is 0 Å². The normalized spacial score (nSPS) is 28.8. The van der Waals surface area contributed by atoms with Crippen LogP contribution in [0, 0.1) is 0 Å². The van der Waals surface area contributed by atoms with Crippen LogP contribution in [0.25, 0.3) is 0 Å². The van der Waals surface area contributed by atoms with Gasteiger partial charge in [-0.05, 0) is 47.0 Å². The first-order valence-electron chi connectivity index (χ1n) is 6.99. The molecule has 1 aliphatic heterocycles. The second kappa shape index (κ2) is 8.86. The van der Waals surface area contributed by atoms with Crippen molar-refractivity contribution < 1.29 is 0 Å². The zero-order chi connectivity index (χ0) is 12.5. The molecule has 0 radical (unpaired) electrons. The van der Waals surface area contributed by atoms with E-state index in [-0.39, 0.29) is 0 Å². The Balaban J connectivity index is 2.28. The summed E-state index contributed by atoms with van der Waals surface area (Å²) in [7, 11) is 4.44. The average molecular weight is 242 g/mol. The van der Waals surface area contributed by atoms with Crippen LogP contribution in [0.2, 0.25) is 0 Å². The molecule has 0 saturated carbocycles. The van der Waals surface area contributed by atoms with Gasteiger partial charge in [0.2, 0.25) is 0 Å². The van der Waals surface area contributed by atoms with Gasteiger partial charge in [-0.25, -0.2) is 0 Å². The van der Waals surface area contributed by atoms with Crippen LogP contribution >= 0.6 is 0 Å². The SMILES string of the molecule is CC1CNCCN(C)CCN(C)CCCCN1. The first-order chi connectivity index (χ1) is 8.18. The van der Waals surface area contributed by atoms with Gasteiger partial charge in [-0.3, -0.25) is 0 Å². The van der Waals surface area contributed by atoms with Gasteiger partial charge in [0.05, 0.1) is 0 Å². The fourth-order valence-electron chi connectivity index (χ4n) is 2.08. The summed E-state index contributed by atoms with van der Waals surface area (Å²) >= 11 is 0. The molecule has 0 aromatic carbocycles. The van der Waals surface area contributed by atoms with E-state index in [1.807, 2.05) is 0 Å². The Morgan fingerprint density at radius 2 is 1.59 bits per heavy atom. The molecule has 1 heterocycles. The van der Waals surface area contributed by atoms with E-state index in [4.69, 9.17) is 0 Å². The van der Waals surface area contributed by atoms with Crippen molar-refractivity contribution >= 4 is 0 Å². The van der Waals surface area contributed by atoms with E-state index >= 15 is 0 Å². The Labute approximate surface area is 107 Å². The Morgan fingerprint density at radius 3 is 2.35 bits per heavy atom. The molecule has 4 heteroatoms. The van der Waals surface area contributed by atoms with Gasteiger partial charge in [-0.1, -0.05) is 0 Å². The number of nitrogens with one attached hydrogen (secondary N) is 2. The monoisotopic (exact) mass is 242 g/mol. The molecule has 0 aliphatic carbocycles. The number of hydrogen-bond acceptors (Lipinski definition) is 4. The first kappa shape index (κ1) is 14.9. The lowest BCUT2D eigenvalue weighted by molar-refractivity contribution is 0.250. The lowest BCUT2D eigenvalue weighted by Gasteiger charge is -2.23. The van der Waals surface area contributed by atoms with Crippen molar-refractivity contribution in [1.82, 2.24) is 20.4 Å². The van der Waals surface area contributed by atoms with Gasteiger partial charge in [0.25, 0.3) is 0 Å². The summed E-state index contributed by atoms with van der Waals surface area (Å²) in [5, 5.41) is 7.08. The van der Waals surface area contributed by atoms with Gasteiger partial charge >= 0.3 is 0 Å². The van der Waals surface area contributed by atoms with Crippen LogP contribution in [0.5, 0.6) is 0 Å². The van der Waals surface area contributed by atoms with Gasteiger partial charge in [0, 0.05) is 38.8 Å². The highest BCUT2D eigenvalue weighted by Gasteiger charge is 2.05. The first-order valence-corrected chi connectivity index (χ1v) is 6.99. The maximum atomic E-state index is 3.57. The zero-order valence-corrected chi connectivity index (χ0v) is 11.8. The van der Waals surface area contributed by atoms with Crippen molar-refractivity contribution in [3.05, 3.63) is 0 Å². The minimum Gasteiger partial charge on any atom is -0.314 e. The summed E-state index contributed by atoms with van der Waals surface area (Å²) in [6, 6.07) is 0.584. The molecule has 0 aromatic heterocycles. The number of nitrogens with zero attached hydrogens (tertiary/aromatic N) is 2. The van der Waals surface area contributed by atoms with Crippen LogP contribution < -0.4 is 10.6 Å². The second-order valence-corrected chi connectivity index (χ2v) is 5.37. The smallest absolute Gasteiger partial charge is 0.0164 e. The van der Waals surface area contributed by atoms with Crippen LogP contribution in [0.3, 0.4) is 0 Å². The molecule has 0 spiro atoms. The molecule has 1 rings (SSSR count). The maximum absolute atomic E-state index is 3.57. The summed E-state index contributed by atoms with van der Waals surface area (Å²) < 4.78 is 0. The van der Waals surface area contributed by atoms with Crippen molar-refractivity contribution in [2.75, 3.05) is 59.9 Å². The van der Waals surface area contributed by atoms with Crippen LogP contribution in [-0.2, 0) is 0 Å². The van der Waals surface area contributed by atoms with Gasteiger partial charge in [0.15, 0.2) is 0 Å². The van der Waals surface area contributed by atoms with Gasteiger partial charge in [-0.2, -0.15) is 0 Å². The van der Waals surface area contributed by atoms with Crippen LogP contribution in [-0.4, -0.2) is 75.8 Å². The Hall–Kier alpha value is -0.160. The van der Waals surface area contributed by atoms with Crippen molar-refractivity contribution in [1.29, 1.82) is 0 Å². The van der Waals surface area contributed by atoms with Crippen molar-refractivity contribution in [3.63, 3.8) is 0 Å². The summed E-state index contributed by atoms with van der Waals surface area (Å²) in [5.74, 6) is 0. The molecular formula is C13H30N4. The Kier molecular flexibility index (Phi) is 7.77. The topological polar surface area (TPSA) is 30.5 Å². The highest BCUT2D eigenvalue weighted by Crippen LogP contribution is 1.94. The molecule has 17 heavy (non-hydrogen) atoms. The van der Waals surface area contributed by atoms with Gasteiger partial charge < -0.3 is 20.4 Å². The quantitative estimate of drug-likeness (QED) is 0.636. The Morgan fingerprint density at radius 1 is 0.882 bits per heavy atom. The lowest BCUT2D eigenvalue weighted by atomic mass is 10.2. The molecule has 1 fully saturated rings. The minimum atomic E-state index is 0.584. The molecule has 0 amide bonds. The standard InChI is InChI=1S/C13H30N4/c1-13-12-14-7-9-17(3)11-10-16(2)8-5-4-6-15-13/h13-15H,4-12H2,1-3H3. The molecule has 1 atom stereocenters. The molecule has 0 bridgehead atoms. The number of likely N-dealkylation sites (N-methyl/N-ethyl adjacent to an activating group) is 2. The third-order valence-electron chi connectivity index (χ3n) is 3.44. The Bertz CT molecular complexity index is 186. The van der Waals surface area contributed by atoms with Gasteiger partial charge in [0.1, 0.15) is 0 Å². The highest BCUT2D eigenvalue weighted by molar-refractivity contribution is 4.66.